The van der Waals surface area contributed by atoms with Gasteiger partial charge in [0.1, 0.15) is 0 Å². The van der Waals surface area contributed by atoms with Crippen LogP contribution in [0.1, 0.15) is 6.42 Å². The molecule has 1 aliphatic heterocycles. The first-order chi connectivity index (χ1) is 9.46. The van der Waals surface area contributed by atoms with E-state index in [1.54, 1.807) is 7.05 Å². The van der Waals surface area contributed by atoms with Crippen LogP contribution in [0.15, 0.2) is 11.2 Å². The van der Waals surface area contributed by atoms with Crippen LogP contribution in [0.4, 0.5) is 0 Å². The topological polar surface area (TPSA) is 58.4 Å². The average molecular weight is 341 g/mol. The van der Waals surface area contributed by atoms with Crippen LogP contribution < -0.4 is 0 Å². The number of aryl methyl sites for hydroxylation is 1. The molecule has 2 heterocycles. The smallest absolute Gasteiger partial charge is 0.261 e. The number of hydrogen-bond donors (Lipinski definition) is 0. The van der Waals surface area contributed by atoms with Gasteiger partial charge in [-0.3, -0.25) is 4.68 Å². The molecule has 1 saturated heterocycles. The van der Waals surface area contributed by atoms with E-state index < -0.39 is 10.0 Å². The Morgan fingerprint density at radius 1 is 1.30 bits per heavy atom. The standard InChI is InChI=1S/C11H18Cl2N4O2S/c1-15-11(10(13)9-14-15)20(18,19)17-5-2-4-16(6-3-12)7-8-17/h9H,2-8H2,1H3. The summed E-state index contributed by atoms with van der Waals surface area (Å²) in [4.78, 5) is 2.17. The molecule has 0 N–H and O–H groups in total. The Labute approximate surface area is 129 Å². The zero-order chi connectivity index (χ0) is 14.8. The molecule has 0 amide bonds. The molecule has 2 rings (SSSR count). The molecule has 1 fully saturated rings. The van der Waals surface area contributed by atoms with Gasteiger partial charge in [0.05, 0.1) is 11.2 Å². The van der Waals surface area contributed by atoms with Gasteiger partial charge in [0.2, 0.25) is 0 Å². The van der Waals surface area contributed by atoms with E-state index in [2.05, 4.69) is 10.00 Å². The molecule has 0 aliphatic carbocycles. The third-order valence-electron chi connectivity index (χ3n) is 3.37. The van der Waals surface area contributed by atoms with Crippen LogP contribution in [0.25, 0.3) is 0 Å². The number of sulfonamides is 1. The molecule has 6 nitrogen and oxygen atoms in total. The van der Waals surface area contributed by atoms with E-state index >= 15 is 0 Å². The second-order valence-electron chi connectivity index (χ2n) is 4.71. The number of alkyl halides is 1. The quantitative estimate of drug-likeness (QED) is 0.767. The van der Waals surface area contributed by atoms with Crippen molar-refractivity contribution in [3.8, 4) is 0 Å². The lowest BCUT2D eigenvalue weighted by molar-refractivity contribution is 0.303. The van der Waals surface area contributed by atoms with E-state index in [1.165, 1.54) is 15.2 Å². The van der Waals surface area contributed by atoms with E-state index in [0.717, 1.165) is 19.5 Å². The summed E-state index contributed by atoms with van der Waals surface area (Å²) in [5.41, 5.74) is 0. The molecule has 0 aromatic carbocycles. The Morgan fingerprint density at radius 2 is 2.05 bits per heavy atom. The van der Waals surface area contributed by atoms with Gasteiger partial charge in [-0.25, -0.2) is 8.42 Å². The van der Waals surface area contributed by atoms with Crippen molar-refractivity contribution in [3.05, 3.63) is 11.2 Å². The fourth-order valence-electron chi connectivity index (χ4n) is 2.34. The fraction of sp³-hybridized carbons (Fsp3) is 0.727. The molecule has 0 spiro atoms. The lowest BCUT2D eigenvalue weighted by Gasteiger charge is -2.21. The monoisotopic (exact) mass is 340 g/mol. The Bertz CT molecular complexity index is 541. The second-order valence-corrected chi connectivity index (χ2v) is 7.35. The van der Waals surface area contributed by atoms with Crippen molar-refractivity contribution in [2.75, 3.05) is 38.6 Å². The highest BCUT2D eigenvalue weighted by Gasteiger charge is 2.31. The molecule has 9 heteroatoms. The zero-order valence-corrected chi connectivity index (χ0v) is 13.6. The molecule has 114 valence electrons. The lowest BCUT2D eigenvalue weighted by Crippen LogP contribution is -2.36. The van der Waals surface area contributed by atoms with Gasteiger partial charge < -0.3 is 4.90 Å². The second kappa shape index (κ2) is 6.62. The summed E-state index contributed by atoms with van der Waals surface area (Å²) in [6.07, 6.45) is 2.14. The molecule has 1 aromatic heterocycles. The minimum Gasteiger partial charge on any atom is -0.301 e. The average Bonchev–Trinajstić information content (AvgIpc) is 2.62. The summed E-state index contributed by atoms with van der Waals surface area (Å²) in [6, 6.07) is 0. The molecule has 1 aliphatic rings. The van der Waals surface area contributed by atoms with Crippen molar-refractivity contribution in [1.29, 1.82) is 0 Å². The maximum absolute atomic E-state index is 12.6. The van der Waals surface area contributed by atoms with Crippen molar-refractivity contribution in [2.45, 2.75) is 11.4 Å². The van der Waals surface area contributed by atoms with Crippen LogP contribution in [0.3, 0.4) is 0 Å². The highest BCUT2D eigenvalue weighted by molar-refractivity contribution is 7.89. The summed E-state index contributed by atoms with van der Waals surface area (Å²) in [5, 5.41) is 4.12. The molecule has 0 unspecified atom stereocenters. The Balaban J connectivity index is 2.18. The first kappa shape index (κ1) is 16.0. The molecule has 0 atom stereocenters. The Morgan fingerprint density at radius 3 is 2.65 bits per heavy atom. The minimum absolute atomic E-state index is 0.0601. The molecular weight excluding hydrogens is 323 g/mol. The van der Waals surface area contributed by atoms with Gasteiger partial charge in [-0.1, -0.05) is 11.6 Å². The molecular formula is C11H18Cl2N4O2S. The molecule has 20 heavy (non-hydrogen) atoms. The largest absolute Gasteiger partial charge is 0.301 e. The summed E-state index contributed by atoms with van der Waals surface area (Å²) in [7, 11) is -2.02. The van der Waals surface area contributed by atoms with Gasteiger partial charge in [-0.15, -0.1) is 11.6 Å². The van der Waals surface area contributed by atoms with Crippen LogP contribution in [-0.4, -0.2) is 66.0 Å². The van der Waals surface area contributed by atoms with Crippen LogP contribution in [-0.2, 0) is 17.1 Å². The molecule has 0 saturated carbocycles. The van der Waals surface area contributed by atoms with Crippen LogP contribution in [0, 0.1) is 0 Å². The molecule has 0 radical (unpaired) electrons. The van der Waals surface area contributed by atoms with Gasteiger partial charge in [-0.2, -0.15) is 9.40 Å². The number of halogens is 2. The van der Waals surface area contributed by atoms with E-state index in [9.17, 15) is 8.42 Å². The number of hydrogen-bond acceptors (Lipinski definition) is 4. The summed E-state index contributed by atoms with van der Waals surface area (Å²) in [5.74, 6) is 0.556. The minimum atomic E-state index is -3.60. The molecule has 0 bridgehead atoms. The van der Waals surface area contributed by atoms with Crippen LogP contribution >= 0.6 is 23.2 Å². The Hall–Kier alpha value is -0.340. The van der Waals surface area contributed by atoms with Crippen LogP contribution in [0.2, 0.25) is 5.02 Å². The van der Waals surface area contributed by atoms with Crippen LogP contribution in [0.5, 0.6) is 0 Å². The van der Waals surface area contributed by atoms with Crippen molar-refractivity contribution in [2.24, 2.45) is 7.05 Å². The normalized spacial score (nSPS) is 19.1. The van der Waals surface area contributed by atoms with Gasteiger partial charge in [0, 0.05) is 39.1 Å². The van der Waals surface area contributed by atoms with E-state index in [1.807, 2.05) is 0 Å². The first-order valence-corrected chi connectivity index (χ1v) is 8.78. The summed E-state index contributed by atoms with van der Waals surface area (Å²) in [6.45, 7) is 3.25. The lowest BCUT2D eigenvalue weighted by atomic mass is 10.4. The predicted octanol–water partition coefficient (Wildman–Crippen LogP) is 1.01. The predicted molar refractivity (Wildman–Crippen MR) is 78.8 cm³/mol. The zero-order valence-electron chi connectivity index (χ0n) is 11.3. The van der Waals surface area contributed by atoms with Gasteiger partial charge >= 0.3 is 0 Å². The summed E-state index contributed by atoms with van der Waals surface area (Å²) >= 11 is 11.7. The SMILES string of the molecule is Cn1ncc(Cl)c1S(=O)(=O)N1CCCN(CCCl)CC1. The van der Waals surface area contributed by atoms with E-state index in [0.29, 0.717) is 25.5 Å². The highest BCUT2D eigenvalue weighted by atomic mass is 35.5. The maximum atomic E-state index is 12.6. The van der Waals surface area contributed by atoms with Crippen molar-refractivity contribution < 1.29 is 8.42 Å². The van der Waals surface area contributed by atoms with Crippen molar-refractivity contribution in [3.63, 3.8) is 0 Å². The van der Waals surface area contributed by atoms with Gasteiger partial charge in [0.25, 0.3) is 10.0 Å². The van der Waals surface area contributed by atoms with Gasteiger partial charge in [-0.05, 0) is 13.0 Å². The Kier molecular flexibility index (Phi) is 5.30. The maximum Gasteiger partial charge on any atom is 0.261 e. The van der Waals surface area contributed by atoms with E-state index in [-0.39, 0.29) is 10.0 Å². The number of rotatable bonds is 4. The number of nitrogens with zero attached hydrogens (tertiary/aromatic N) is 4. The molecule has 1 aromatic rings. The third kappa shape index (κ3) is 3.28. The van der Waals surface area contributed by atoms with Gasteiger partial charge in [0.15, 0.2) is 5.03 Å². The van der Waals surface area contributed by atoms with Crippen molar-refractivity contribution >= 4 is 33.2 Å². The third-order valence-corrected chi connectivity index (χ3v) is 5.95. The first-order valence-electron chi connectivity index (χ1n) is 6.43. The van der Waals surface area contributed by atoms with Crippen molar-refractivity contribution in [1.82, 2.24) is 19.0 Å². The fourth-order valence-corrected chi connectivity index (χ4v) is 4.66. The highest BCUT2D eigenvalue weighted by Crippen LogP contribution is 2.24. The summed E-state index contributed by atoms with van der Waals surface area (Å²) < 4.78 is 28.1. The number of aromatic nitrogens is 2. The van der Waals surface area contributed by atoms with E-state index in [4.69, 9.17) is 23.2 Å².